The van der Waals surface area contributed by atoms with Gasteiger partial charge in [-0.25, -0.2) is 0 Å². The molecule has 0 amide bonds. The van der Waals surface area contributed by atoms with Crippen LogP contribution in [0, 0.1) is 0 Å². The number of unbranched alkanes of at least 4 members (excludes halogenated alkanes) is 2. The Morgan fingerprint density at radius 3 is 1.46 bits per heavy atom. The fourth-order valence-corrected chi connectivity index (χ4v) is 1.78. The number of hydrogen-bond donors (Lipinski definition) is 0. The molecule has 0 aliphatic carbocycles. The molecule has 0 saturated carbocycles. The molecule has 0 aliphatic rings. The van der Waals surface area contributed by atoms with Gasteiger partial charge < -0.3 is 0 Å². The monoisotopic (exact) mass is 354 g/mol. The first-order valence-corrected chi connectivity index (χ1v) is 11.9. The second-order valence-electron chi connectivity index (χ2n) is 2.46. The molecular formula is C8H18Cl3RhS. The van der Waals surface area contributed by atoms with Crippen LogP contribution in [-0.2, 0) is 13.0 Å². The summed E-state index contributed by atoms with van der Waals surface area (Å²) < 4.78 is 0. The Hall–Kier alpha value is 1.84. The molecule has 0 radical (unpaired) electrons. The van der Waals surface area contributed by atoms with Crippen LogP contribution in [0.3, 0.4) is 0 Å². The van der Waals surface area contributed by atoms with Crippen LogP contribution in [0.5, 0.6) is 0 Å². The van der Waals surface area contributed by atoms with E-state index >= 15 is 0 Å². The molecule has 0 aromatic rings. The molecule has 13 heavy (non-hydrogen) atoms. The van der Waals surface area contributed by atoms with E-state index in [1.807, 2.05) is 0 Å². The van der Waals surface area contributed by atoms with E-state index < -0.39 is 13.0 Å². The third-order valence-electron chi connectivity index (χ3n) is 1.28. The van der Waals surface area contributed by atoms with Crippen molar-refractivity contribution < 1.29 is 13.0 Å². The summed E-state index contributed by atoms with van der Waals surface area (Å²) >= 11 is 0.442. The van der Waals surface area contributed by atoms with E-state index in [4.69, 9.17) is 29.1 Å². The van der Waals surface area contributed by atoms with E-state index in [9.17, 15) is 0 Å². The topological polar surface area (TPSA) is 0 Å². The molecule has 0 saturated heterocycles. The molecular weight excluding hydrogens is 337 g/mol. The van der Waals surface area contributed by atoms with Crippen LogP contribution in [0.1, 0.15) is 39.5 Å². The van der Waals surface area contributed by atoms with Crippen molar-refractivity contribution in [2.45, 2.75) is 39.5 Å². The summed E-state index contributed by atoms with van der Waals surface area (Å²) in [6, 6.07) is 0. The van der Waals surface area contributed by atoms with Gasteiger partial charge in [0.25, 0.3) is 0 Å². The second-order valence-corrected chi connectivity index (χ2v) is 11.2. The van der Waals surface area contributed by atoms with Crippen molar-refractivity contribution in [2.24, 2.45) is 0 Å². The van der Waals surface area contributed by atoms with Crippen molar-refractivity contribution in [1.82, 2.24) is 0 Å². The first kappa shape index (κ1) is 17.2. The van der Waals surface area contributed by atoms with Gasteiger partial charge in [0, 0.05) is 0 Å². The maximum absolute atomic E-state index is 4.94. The van der Waals surface area contributed by atoms with Crippen molar-refractivity contribution in [3.8, 4) is 0 Å². The van der Waals surface area contributed by atoms with Crippen LogP contribution in [0.4, 0.5) is 0 Å². The summed E-state index contributed by atoms with van der Waals surface area (Å²) in [5.41, 5.74) is 0. The Bertz CT molecular complexity index is 75.0. The van der Waals surface area contributed by atoms with Gasteiger partial charge in [0.2, 0.25) is 0 Å². The van der Waals surface area contributed by atoms with Crippen molar-refractivity contribution >= 4 is 40.8 Å². The Morgan fingerprint density at radius 1 is 0.923 bits per heavy atom. The molecule has 0 nitrogen and oxygen atoms in total. The van der Waals surface area contributed by atoms with Gasteiger partial charge in [0.05, 0.1) is 0 Å². The molecule has 0 rings (SSSR count). The van der Waals surface area contributed by atoms with E-state index in [1.54, 1.807) is 0 Å². The number of hydrogen-bond acceptors (Lipinski definition) is 1. The average molecular weight is 356 g/mol. The van der Waals surface area contributed by atoms with E-state index in [2.05, 4.69) is 25.6 Å². The van der Waals surface area contributed by atoms with Crippen LogP contribution in [0.15, 0.2) is 0 Å². The average Bonchev–Trinajstić information content (AvgIpc) is 2.03. The quantitative estimate of drug-likeness (QED) is 0.455. The molecule has 0 aromatic carbocycles. The summed E-state index contributed by atoms with van der Waals surface area (Å²) in [5.74, 6) is 2.74. The van der Waals surface area contributed by atoms with Crippen LogP contribution in [0.25, 0.3) is 0 Å². The SMILES string of the molecule is CCCCSCCCC.[Cl][Rh]([Cl])[Cl]. The van der Waals surface area contributed by atoms with Crippen LogP contribution in [-0.4, -0.2) is 11.5 Å². The zero-order chi connectivity index (χ0) is 10.5. The number of halogens is 3. The fourth-order valence-electron chi connectivity index (χ4n) is 0.595. The van der Waals surface area contributed by atoms with Gasteiger partial charge in [0.1, 0.15) is 0 Å². The van der Waals surface area contributed by atoms with E-state index in [1.165, 1.54) is 37.2 Å². The molecule has 0 unspecified atom stereocenters. The minimum atomic E-state index is -1.66. The Kier molecular flexibility index (Phi) is 21.6. The van der Waals surface area contributed by atoms with Crippen molar-refractivity contribution in [3.05, 3.63) is 0 Å². The van der Waals surface area contributed by atoms with Gasteiger partial charge in [-0.15, -0.1) is 0 Å². The molecule has 5 heteroatoms. The predicted octanol–water partition coefficient (Wildman–Crippen LogP) is 5.39. The Morgan fingerprint density at radius 2 is 1.23 bits per heavy atom. The molecule has 0 spiro atoms. The number of rotatable bonds is 6. The predicted molar refractivity (Wildman–Crippen MR) is 64.7 cm³/mol. The molecule has 0 bridgehead atoms. The Labute approximate surface area is 104 Å². The molecule has 0 fully saturated rings. The van der Waals surface area contributed by atoms with Crippen LogP contribution >= 0.6 is 40.8 Å². The molecule has 0 aliphatic heterocycles. The third-order valence-corrected chi connectivity index (χ3v) is 2.44. The number of thioether (sulfide) groups is 1. The van der Waals surface area contributed by atoms with Gasteiger partial charge in [-0.3, -0.25) is 0 Å². The summed E-state index contributed by atoms with van der Waals surface area (Å²) in [5, 5.41) is 0. The zero-order valence-electron chi connectivity index (χ0n) is 8.12. The first-order chi connectivity index (χ1) is 6.15. The molecule has 0 heterocycles. The minimum absolute atomic E-state index is 1.35. The maximum atomic E-state index is 4.94. The van der Waals surface area contributed by atoms with Gasteiger partial charge in [-0.2, -0.15) is 11.8 Å². The fraction of sp³-hybridized carbons (Fsp3) is 1.00. The molecule has 0 aromatic heterocycles. The molecule has 0 N–H and O–H groups in total. The van der Waals surface area contributed by atoms with E-state index in [0.717, 1.165) is 0 Å². The molecule has 0 atom stereocenters. The summed E-state index contributed by atoms with van der Waals surface area (Å²) in [7, 11) is 14.8. The van der Waals surface area contributed by atoms with Gasteiger partial charge in [-0.05, 0) is 24.3 Å². The summed E-state index contributed by atoms with van der Waals surface area (Å²) in [6.45, 7) is 4.50. The van der Waals surface area contributed by atoms with Crippen LogP contribution < -0.4 is 0 Å². The van der Waals surface area contributed by atoms with E-state index in [0.29, 0.717) is 0 Å². The van der Waals surface area contributed by atoms with E-state index in [-0.39, 0.29) is 0 Å². The Balaban J connectivity index is 0. The van der Waals surface area contributed by atoms with Gasteiger partial charge in [0.15, 0.2) is 0 Å². The van der Waals surface area contributed by atoms with Crippen molar-refractivity contribution in [2.75, 3.05) is 11.5 Å². The van der Waals surface area contributed by atoms with Gasteiger partial charge >= 0.3 is 42.1 Å². The van der Waals surface area contributed by atoms with Gasteiger partial charge in [-0.1, -0.05) is 26.7 Å². The molecule has 86 valence electrons. The summed E-state index contributed by atoms with van der Waals surface area (Å²) in [6.07, 6.45) is 5.49. The van der Waals surface area contributed by atoms with Crippen molar-refractivity contribution in [1.29, 1.82) is 0 Å². The zero-order valence-corrected chi connectivity index (χ0v) is 12.8. The summed E-state index contributed by atoms with van der Waals surface area (Å²) in [4.78, 5) is 0. The first-order valence-electron chi connectivity index (χ1n) is 4.37. The standard InChI is InChI=1S/C8H18S.3ClH.Rh/c1-3-5-7-9-8-6-4-2;;;;/h3-8H2,1-2H3;3*1H;/q;;;;+3/p-3. The van der Waals surface area contributed by atoms with Crippen molar-refractivity contribution in [3.63, 3.8) is 0 Å². The second kappa shape index (κ2) is 16.3. The third kappa shape index (κ3) is 31.6. The van der Waals surface area contributed by atoms with Crippen LogP contribution in [0.2, 0.25) is 0 Å². The normalized spacial score (nSPS) is 10.4.